The largest absolute Gasteiger partial charge is 0.463 e. The first-order valence-corrected chi connectivity index (χ1v) is 50.5. The fourth-order valence-corrected chi connectivity index (χ4v) is 20.1. The molecule has 6 saturated heterocycles. The van der Waals surface area contributed by atoms with Crippen molar-refractivity contribution in [2.45, 2.75) is 370 Å². The van der Waals surface area contributed by atoms with Crippen LogP contribution < -0.4 is 0 Å². The van der Waals surface area contributed by atoms with E-state index in [1.54, 1.807) is 49.0 Å². The lowest BCUT2D eigenvalue weighted by Crippen LogP contribution is -2.55. The predicted molar refractivity (Wildman–Crippen MR) is 522 cm³/mol. The molecule has 828 valence electrons. The van der Waals surface area contributed by atoms with Gasteiger partial charge in [0.2, 0.25) is 17.7 Å². The van der Waals surface area contributed by atoms with Crippen molar-refractivity contribution in [3.8, 4) is 0 Å². The highest BCUT2D eigenvalue weighted by atomic mass is 16.6. The molecule has 0 spiro atoms. The summed E-state index contributed by atoms with van der Waals surface area (Å²) in [7, 11) is 9.32. The third kappa shape index (κ3) is 35.4. The number of carbonyl (C=O) groups excluding carboxylic acids is 18. The number of rotatable bonds is 42. The second kappa shape index (κ2) is 57.6. The van der Waals surface area contributed by atoms with E-state index < -0.39 is 109 Å². The second-order valence-corrected chi connectivity index (χ2v) is 41.7. The Morgan fingerprint density at radius 2 is 0.466 bits per heavy atom. The molecule has 0 radical (unpaired) electrons. The molecule has 6 heterocycles. The SMILES string of the molecule is C=C(C)C(=O)OCCCC(=O)OC1C(OC)CC2CC1N(C(C)(C)C)C2=O.C=C(C)C(=O)OCCCC(=O)OC1C(OC)CC2CC1N(C(C)(C)C)C2=O.C=C(C)C(=O)OCCCC(=O)OC1C(OC)CC2CC1OC2=O.C=C(C)C(=O)OCCCC(=O)OC1C(OC)CC2CC1OC2=O.C=CC(=O)OCCCC(=O)OC1C(OC)CC2CC1N(C(C)(C)C)C2=O.C=CC(=O)OCCCC(=O)OC1C(OC)CC2CC1OC2=O. The highest BCUT2D eigenvalue weighted by molar-refractivity contribution is 5.90. The van der Waals surface area contributed by atoms with Crippen LogP contribution in [0.1, 0.15) is 244 Å². The van der Waals surface area contributed by atoms with Crippen molar-refractivity contribution in [3.63, 3.8) is 0 Å². The van der Waals surface area contributed by atoms with E-state index in [-0.39, 0.29) is 239 Å². The summed E-state index contributed by atoms with van der Waals surface area (Å²) in [5.41, 5.74) is 0.241. The predicted octanol–water partition coefficient (Wildman–Crippen LogP) is 9.36. The molecule has 0 N–H and O–H groups in total. The molecule has 24 unspecified atom stereocenters. The summed E-state index contributed by atoms with van der Waals surface area (Å²) >= 11 is 0. The Kier molecular flexibility index (Phi) is 48.1. The van der Waals surface area contributed by atoms with Crippen LogP contribution in [0.25, 0.3) is 0 Å². The van der Waals surface area contributed by atoms with E-state index in [4.69, 9.17) is 99.5 Å². The minimum atomic E-state index is -0.576. The number of fused-ring (bicyclic) bond motifs is 12. The van der Waals surface area contributed by atoms with Gasteiger partial charge < -0.3 is 114 Å². The quantitative estimate of drug-likeness (QED) is 0.0237. The summed E-state index contributed by atoms with van der Waals surface area (Å²) in [6.07, 6.45) is 5.63. The van der Waals surface area contributed by atoms with Crippen LogP contribution in [-0.4, -0.2) is 331 Å². The van der Waals surface area contributed by atoms with E-state index in [9.17, 15) is 86.3 Å². The van der Waals surface area contributed by atoms with Gasteiger partial charge in [-0.05, 0) is 186 Å². The van der Waals surface area contributed by atoms with Gasteiger partial charge >= 0.3 is 89.5 Å². The minimum Gasteiger partial charge on any atom is -0.463 e. The van der Waals surface area contributed by atoms with Crippen molar-refractivity contribution in [2.24, 2.45) is 35.5 Å². The molecule has 6 saturated carbocycles. The highest BCUT2D eigenvalue weighted by Crippen LogP contribution is 2.48. The number of esters is 15. The van der Waals surface area contributed by atoms with Gasteiger partial charge in [0.05, 0.1) is 112 Å². The molecule has 12 fully saturated rings. The van der Waals surface area contributed by atoms with Crippen LogP contribution >= 0.6 is 0 Å². The average Bonchev–Trinajstić information content (AvgIpc) is 1.60. The van der Waals surface area contributed by atoms with E-state index in [2.05, 4.69) is 39.5 Å². The summed E-state index contributed by atoms with van der Waals surface area (Å²) < 4.78 is 111. The monoisotopic (exact) mass is 2090 g/mol. The molecule has 42 heteroatoms. The van der Waals surface area contributed by atoms with Crippen molar-refractivity contribution in [2.75, 3.05) is 82.3 Å². The third-order valence-corrected chi connectivity index (χ3v) is 27.1. The van der Waals surface area contributed by atoms with Crippen LogP contribution in [-0.2, 0) is 186 Å². The first kappa shape index (κ1) is 124. The molecule has 12 bridgehead atoms. The number of amides is 3. The van der Waals surface area contributed by atoms with Gasteiger partial charge in [0.1, 0.15) is 36.6 Å². The van der Waals surface area contributed by atoms with Gasteiger partial charge in [0, 0.05) is 169 Å². The van der Waals surface area contributed by atoms with Crippen molar-refractivity contribution in [1.29, 1.82) is 0 Å². The number of hydrogen-bond donors (Lipinski definition) is 0. The Labute approximate surface area is 865 Å². The maximum absolute atomic E-state index is 12.7. The summed E-state index contributed by atoms with van der Waals surface area (Å²) in [5.74, 6) is -6.46. The molecule has 3 amide bonds. The van der Waals surface area contributed by atoms with E-state index in [1.165, 1.54) is 21.3 Å². The Hall–Kier alpha value is -11.3. The first-order chi connectivity index (χ1) is 69.7. The van der Waals surface area contributed by atoms with Crippen molar-refractivity contribution >= 4 is 107 Å². The molecular weight excluding hydrogens is 1940 g/mol. The number of carbonyl (C=O) groups is 18. The summed E-state index contributed by atoms with van der Waals surface area (Å²) in [6.45, 7) is 45.5. The highest BCUT2D eigenvalue weighted by Gasteiger charge is 2.60. The van der Waals surface area contributed by atoms with Crippen LogP contribution in [0.2, 0.25) is 0 Å². The summed E-state index contributed by atoms with van der Waals surface area (Å²) in [4.78, 5) is 218. The van der Waals surface area contributed by atoms with Crippen LogP contribution in [0, 0.1) is 35.5 Å². The average molecular weight is 2100 g/mol. The number of hydrogen-bond acceptors (Lipinski definition) is 39. The Bertz CT molecular complexity index is 4530. The lowest BCUT2D eigenvalue weighted by atomic mass is 9.85. The van der Waals surface area contributed by atoms with Gasteiger partial charge in [-0.2, -0.15) is 0 Å². The van der Waals surface area contributed by atoms with Gasteiger partial charge in [-0.25, -0.2) is 28.8 Å². The number of likely N-dealkylation sites (tertiary alicyclic amines) is 3. The fourth-order valence-electron chi connectivity index (χ4n) is 20.1. The number of nitrogens with zero attached hydrogens (tertiary/aromatic N) is 3. The van der Waals surface area contributed by atoms with E-state index in [0.29, 0.717) is 138 Å². The van der Waals surface area contributed by atoms with Crippen LogP contribution in [0.5, 0.6) is 0 Å². The van der Waals surface area contributed by atoms with Gasteiger partial charge in [0.25, 0.3) is 0 Å². The Balaban J connectivity index is 0.000000241. The lowest BCUT2D eigenvalue weighted by molar-refractivity contribution is -0.172. The van der Waals surface area contributed by atoms with Gasteiger partial charge in [0.15, 0.2) is 18.3 Å². The second-order valence-electron chi connectivity index (χ2n) is 41.7. The van der Waals surface area contributed by atoms with Crippen LogP contribution in [0.3, 0.4) is 0 Å². The fraction of sp³-hybridized carbons (Fsp3) is 0.717. The zero-order valence-corrected chi connectivity index (χ0v) is 89.2. The van der Waals surface area contributed by atoms with Crippen LogP contribution in [0.15, 0.2) is 73.9 Å². The van der Waals surface area contributed by atoms with Crippen molar-refractivity contribution in [1.82, 2.24) is 14.7 Å². The lowest BCUT2D eigenvalue weighted by Gasteiger charge is -2.41. The summed E-state index contributed by atoms with van der Waals surface area (Å²) in [6, 6.07) is -0.522. The molecule has 6 aliphatic carbocycles. The number of ether oxygens (including phenoxy) is 21. The van der Waals surface area contributed by atoms with Crippen LogP contribution in [0.4, 0.5) is 0 Å². The zero-order chi connectivity index (χ0) is 110. The third-order valence-electron chi connectivity index (χ3n) is 27.1. The maximum Gasteiger partial charge on any atom is 0.333 e. The number of methoxy groups -OCH3 is 6. The molecule has 12 aliphatic rings. The zero-order valence-electron chi connectivity index (χ0n) is 89.2. The van der Waals surface area contributed by atoms with Gasteiger partial charge in [-0.1, -0.05) is 39.5 Å². The van der Waals surface area contributed by atoms with E-state index in [0.717, 1.165) is 12.2 Å². The van der Waals surface area contributed by atoms with E-state index >= 15 is 0 Å². The smallest absolute Gasteiger partial charge is 0.333 e. The van der Waals surface area contributed by atoms with Crippen molar-refractivity contribution in [3.05, 3.63) is 73.9 Å². The molecule has 0 aromatic carbocycles. The van der Waals surface area contributed by atoms with Crippen molar-refractivity contribution < 1.29 is 186 Å². The summed E-state index contributed by atoms with van der Waals surface area (Å²) in [5, 5.41) is 0. The molecule has 148 heavy (non-hydrogen) atoms. The van der Waals surface area contributed by atoms with Gasteiger partial charge in [-0.3, -0.25) is 57.5 Å². The molecule has 0 aromatic rings. The van der Waals surface area contributed by atoms with Gasteiger partial charge in [-0.15, -0.1) is 0 Å². The molecule has 6 aliphatic heterocycles. The topological polar surface area (TPSA) is 511 Å². The molecule has 12 rings (SSSR count). The maximum atomic E-state index is 12.7. The Morgan fingerprint density at radius 1 is 0.284 bits per heavy atom. The molecule has 42 nitrogen and oxygen atoms in total. The first-order valence-electron chi connectivity index (χ1n) is 50.5. The standard InChI is InChI=1S/2C20H31NO6.C19H29NO6.2C16H22O7.C15H20O7/c2*1-12(2)19(24)26-9-7-8-16(22)27-17-14-10-13(11-15(17)25-6)18(23)21(14)20(3,4)5;1-6-15(21)25-9-7-8-16(22)26-17-13-10-12(11-14(17)24-5)18(23)20(13)19(2,3)4;2*1-9(2)15(18)21-6-4-5-13(17)23-14-11(20-3)7-10-8-12(14)22-16(10)19;1-3-12(16)20-6-4-5-13(17)22-14-10(19-2)7-9-8-11(14)21-15(9)18/h2*13-15,17H,1,7-11H2,2-6H3;6,12-14,17H,1,7-11H2,2-5H3;2*10-12,14H,1,4-8H2,2-3H3;3,9-11,14H,1,4-8H2,2H3. The molecule has 24 atom stereocenters. The minimum absolute atomic E-state index is 0.0718. The Morgan fingerprint density at radius 3 is 0.649 bits per heavy atom. The normalized spacial score (nSPS) is 28.3. The molecule has 0 aromatic heterocycles. The van der Waals surface area contributed by atoms with E-state index in [1.807, 2.05) is 77.0 Å². The molecular formula is C106H155N3O39.